The van der Waals surface area contributed by atoms with Crippen molar-refractivity contribution in [2.75, 3.05) is 7.11 Å². The van der Waals surface area contributed by atoms with Crippen LogP contribution in [-0.2, 0) is 0 Å². The van der Waals surface area contributed by atoms with E-state index in [1.165, 1.54) is 0 Å². The first-order valence-electron chi connectivity index (χ1n) is 6.66. The molecule has 0 radical (unpaired) electrons. The summed E-state index contributed by atoms with van der Waals surface area (Å²) in [7, 11) is 1.67. The molecule has 2 nitrogen and oxygen atoms in total. The van der Waals surface area contributed by atoms with E-state index in [1.807, 2.05) is 25.1 Å². The third kappa shape index (κ3) is 4.69. The van der Waals surface area contributed by atoms with Gasteiger partial charge < -0.3 is 9.84 Å². The Hall–Kier alpha value is -1.02. The molecule has 0 amide bonds. The van der Waals surface area contributed by atoms with Gasteiger partial charge in [0.1, 0.15) is 5.75 Å². The quantitative estimate of drug-likeness (QED) is 0.846. The Morgan fingerprint density at radius 1 is 1.28 bits per heavy atom. The predicted octanol–water partition coefficient (Wildman–Crippen LogP) is 4.25. The van der Waals surface area contributed by atoms with E-state index in [2.05, 4.69) is 20.8 Å². The number of benzene rings is 1. The molecule has 0 fully saturated rings. The first-order valence-corrected chi connectivity index (χ1v) is 6.66. The first-order chi connectivity index (χ1) is 8.33. The molecule has 18 heavy (non-hydrogen) atoms. The predicted molar refractivity (Wildman–Crippen MR) is 76.0 cm³/mol. The molecule has 0 spiro atoms. The van der Waals surface area contributed by atoms with E-state index in [0.29, 0.717) is 5.41 Å². The van der Waals surface area contributed by atoms with E-state index in [0.717, 1.165) is 36.1 Å². The Morgan fingerprint density at radius 3 is 2.44 bits per heavy atom. The first kappa shape index (κ1) is 15.0. The van der Waals surface area contributed by atoms with Crippen LogP contribution in [0.5, 0.6) is 5.75 Å². The molecule has 0 saturated heterocycles. The van der Waals surface area contributed by atoms with E-state index < -0.39 is 0 Å². The van der Waals surface area contributed by atoms with Gasteiger partial charge in [0.15, 0.2) is 0 Å². The van der Waals surface area contributed by atoms with Crippen molar-refractivity contribution in [2.45, 2.75) is 53.1 Å². The third-order valence-electron chi connectivity index (χ3n) is 3.21. The van der Waals surface area contributed by atoms with Crippen molar-refractivity contribution in [1.29, 1.82) is 0 Å². The minimum atomic E-state index is -0.364. The minimum absolute atomic E-state index is 0.343. The van der Waals surface area contributed by atoms with E-state index in [4.69, 9.17) is 4.74 Å². The van der Waals surface area contributed by atoms with E-state index in [9.17, 15) is 5.11 Å². The number of aliphatic hydroxyl groups is 1. The highest BCUT2D eigenvalue weighted by Gasteiger charge is 2.13. The molecule has 0 aliphatic heterocycles. The summed E-state index contributed by atoms with van der Waals surface area (Å²) < 4.78 is 5.22. The van der Waals surface area contributed by atoms with Crippen LogP contribution in [0, 0.1) is 12.3 Å². The molecule has 1 rings (SSSR count). The molecular weight excluding hydrogens is 224 g/mol. The zero-order valence-electron chi connectivity index (χ0n) is 12.3. The van der Waals surface area contributed by atoms with Gasteiger partial charge in [-0.2, -0.15) is 0 Å². The molecule has 1 aromatic rings. The van der Waals surface area contributed by atoms with Crippen molar-refractivity contribution in [3.63, 3.8) is 0 Å². The van der Waals surface area contributed by atoms with Crippen LogP contribution >= 0.6 is 0 Å². The fourth-order valence-corrected chi connectivity index (χ4v) is 2.10. The van der Waals surface area contributed by atoms with Gasteiger partial charge in [0, 0.05) is 0 Å². The molecular formula is C16H26O2. The van der Waals surface area contributed by atoms with Crippen molar-refractivity contribution < 1.29 is 9.84 Å². The van der Waals surface area contributed by atoms with Crippen LogP contribution in [0.25, 0.3) is 0 Å². The molecule has 0 aliphatic carbocycles. The van der Waals surface area contributed by atoms with Gasteiger partial charge in [-0.05, 0) is 48.4 Å². The van der Waals surface area contributed by atoms with Crippen molar-refractivity contribution in [3.8, 4) is 5.75 Å². The maximum atomic E-state index is 10.2. The standard InChI is InChI=1S/C16H26O2/c1-12-11-13(8-9-15(12)18-5)14(17)7-6-10-16(2,3)4/h8-9,11,14,17H,6-7,10H2,1-5H3. The Morgan fingerprint density at radius 2 is 1.94 bits per heavy atom. The molecule has 1 N–H and O–H groups in total. The molecule has 1 atom stereocenters. The number of methoxy groups -OCH3 is 1. The average molecular weight is 250 g/mol. The van der Waals surface area contributed by atoms with Gasteiger partial charge in [-0.25, -0.2) is 0 Å². The monoisotopic (exact) mass is 250 g/mol. The normalized spacial score (nSPS) is 13.4. The number of rotatable bonds is 5. The number of ether oxygens (including phenoxy) is 1. The molecule has 102 valence electrons. The topological polar surface area (TPSA) is 29.5 Å². The summed E-state index contributed by atoms with van der Waals surface area (Å²) in [4.78, 5) is 0. The van der Waals surface area contributed by atoms with Crippen molar-refractivity contribution >= 4 is 0 Å². The smallest absolute Gasteiger partial charge is 0.121 e. The Kier molecular flexibility index (Phi) is 5.21. The fourth-order valence-electron chi connectivity index (χ4n) is 2.10. The zero-order chi connectivity index (χ0) is 13.8. The number of hydrogen-bond acceptors (Lipinski definition) is 2. The van der Waals surface area contributed by atoms with Gasteiger partial charge in [0.25, 0.3) is 0 Å². The lowest BCUT2D eigenvalue weighted by molar-refractivity contribution is 0.158. The average Bonchev–Trinajstić information content (AvgIpc) is 2.27. The van der Waals surface area contributed by atoms with Crippen LogP contribution in [0.15, 0.2) is 18.2 Å². The Labute approximate surface area is 111 Å². The van der Waals surface area contributed by atoms with Crippen LogP contribution in [0.2, 0.25) is 0 Å². The fraction of sp³-hybridized carbons (Fsp3) is 0.625. The largest absolute Gasteiger partial charge is 0.496 e. The lowest BCUT2D eigenvalue weighted by Crippen LogP contribution is -2.06. The number of aliphatic hydroxyl groups excluding tert-OH is 1. The summed E-state index contributed by atoms with van der Waals surface area (Å²) in [5.74, 6) is 0.876. The van der Waals surface area contributed by atoms with Crippen molar-refractivity contribution in [3.05, 3.63) is 29.3 Å². The highest BCUT2D eigenvalue weighted by atomic mass is 16.5. The van der Waals surface area contributed by atoms with Gasteiger partial charge in [0.2, 0.25) is 0 Å². The Bertz CT molecular complexity index is 377. The summed E-state index contributed by atoms with van der Waals surface area (Å²) in [6, 6.07) is 5.89. The molecule has 0 aliphatic rings. The summed E-state index contributed by atoms with van der Waals surface area (Å²) >= 11 is 0. The van der Waals surface area contributed by atoms with Gasteiger partial charge in [-0.1, -0.05) is 33.3 Å². The van der Waals surface area contributed by atoms with Gasteiger partial charge in [-0.15, -0.1) is 0 Å². The van der Waals surface area contributed by atoms with Gasteiger partial charge in [-0.3, -0.25) is 0 Å². The van der Waals surface area contributed by atoms with Crippen LogP contribution in [0.3, 0.4) is 0 Å². The maximum absolute atomic E-state index is 10.2. The summed E-state index contributed by atoms with van der Waals surface area (Å²) in [6.45, 7) is 8.70. The molecule has 0 aromatic heterocycles. The molecule has 1 aromatic carbocycles. The third-order valence-corrected chi connectivity index (χ3v) is 3.21. The second-order valence-electron chi connectivity index (χ2n) is 6.20. The van der Waals surface area contributed by atoms with Crippen molar-refractivity contribution in [2.24, 2.45) is 5.41 Å². The number of aryl methyl sites for hydroxylation is 1. The molecule has 1 unspecified atom stereocenters. The number of hydrogen-bond donors (Lipinski definition) is 1. The zero-order valence-corrected chi connectivity index (χ0v) is 12.3. The highest BCUT2D eigenvalue weighted by Crippen LogP contribution is 2.28. The van der Waals surface area contributed by atoms with Crippen LogP contribution in [-0.4, -0.2) is 12.2 Å². The lowest BCUT2D eigenvalue weighted by atomic mass is 9.88. The summed E-state index contributed by atoms with van der Waals surface area (Å²) in [5, 5.41) is 10.2. The molecule has 0 bridgehead atoms. The second-order valence-corrected chi connectivity index (χ2v) is 6.20. The highest BCUT2D eigenvalue weighted by molar-refractivity contribution is 5.36. The molecule has 0 saturated carbocycles. The van der Waals surface area contributed by atoms with Gasteiger partial charge >= 0.3 is 0 Å². The molecule has 2 heteroatoms. The second kappa shape index (κ2) is 6.24. The molecule has 0 heterocycles. The van der Waals surface area contributed by atoms with Crippen LogP contribution in [0.4, 0.5) is 0 Å². The summed E-state index contributed by atoms with van der Waals surface area (Å²) in [5.41, 5.74) is 2.40. The van der Waals surface area contributed by atoms with Crippen LogP contribution in [0.1, 0.15) is 57.3 Å². The van der Waals surface area contributed by atoms with E-state index in [-0.39, 0.29) is 6.10 Å². The van der Waals surface area contributed by atoms with Gasteiger partial charge in [0.05, 0.1) is 13.2 Å². The lowest BCUT2D eigenvalue weighted by Gasteiger charge is -2.19. The summed E-state index contributed by atoms with van der Waals surface area (Å²) in [6.07, 6.45) is 2.65. The maximum Gasteiger partial charge on any atom is 0.121 e. The Balaban J connectivity index is 2.56. The SMILES string of the molecule is COc1ccc(C(O)CCCC(C)(C)C)cc1C. The minimum Gasteiger partial charge on any atom is -0.496 e. The van der Waals surface area contributed by atoms with E-state index >= 15 is 0 Å². The van der Waals surface area contributed by atoms with Crippen LogP contribution < -0.4 is 4.74 Å². The van der Waals surface area contributed by atoms with Crippen molar-refractivity contribution in [1.82, 2.24) is 0 Å². The van der Waals surface area contributed by atoms with E-state index in [1.54, 1.807) is 7.11 Å².